The molecule has 2 fully saturated rings. The second-order valence-corrected chi connectivity index (χ2v) is 13.1. The summed E-state index contributed by atoms with van der Waals surface area (Å²) in [5.41, 5.74) is -1.92. The third-order valence-electron chi connectivity index (χ3n) is 5.33. The first-order chi connectivity index (χ1) is 15.2. The SMILES string of the molecule is CC(C)(C)OCN1C(=O)[N+](COC(C)(C)C)(COC(C)(C)C)C2C1NC(=O)N2COC(C)(C)C. The number of hydrogen-bond acceptors (Lipinski definition) is 6. The molecular formula is C24H47N4O6+. The molecule has 0 bridgehead atoms. The monoisotopic (exact) mass is 487 g/mol. The van der Waals surface area contributed by atoms with E-state index < -0.39 is 34.7 Å². The molecule has 2 aliphatic heterocycles. The number of amides is 4. The van der Waals surface area contributed by atoms with Crippen LogP contribution in [0.4, 0.5) is 9.59 Å². The molecule has 198 valence electrons. The quantitative estimate of drug-likeness (QED) is 0.521. The Labute approximate surface area is 205 Å². The van der Waals surface area contributed by atoms with E-state index in [0.717, 1.165) is 0 Å². The van der Waals surface area contributed by atoms with Crippen molar-refractivity contribution >= 4 is 12.1 Å². The Morgan fingerprint density at radius 2 is 1.06 bits per heavy atom. The number of carbonyl (C=O) groups excluding carboxylic acids is 2. The average Bonchev–Trinajstić information content (AvgIpc) is 3.04. The van der Waals surface area contributed by atoms with Gasteiger partial charge in [-0.05, 0) is 83.1 Å². The van der Waals surface area contributed by atoms with Gasteiger partial charge in [-0.25, -0.2) is 19.4 Å². The Balaban J connectivity index is 2.53. The number of urea groups is 2. The lowest BCUT2D eigenvalue weighted by atomic mass is 10.2. The zero-order valence-corrected chi connectivity index (χ0v) is 23.3. The fraction of sp³-hybridized carbons (Fsp3) is 0.917. The van der Waals surface area contributed by atoms with Crippen LogP contribution in [0, 0.1) is 0 Å². The maximum atomic E-state index is 14.1. The Bertz CT molecular complexity index is 711. The largest absolute Gasteiger partial charge is 0.428 e. The molecule has 10 nitrogen and oxygen atoms in total. The molecule has 0 saturated carbocycles. The van der Waals surface area contributed by atoms with Crippen LogP contribution in [0.5, 0.6) is 0 Å². The molecule has 2 unspecified atom stereocenters. The van der Waals surface area contributed by atoms with E-state index in [1.165, 1.54) is 0 Å². The predicted molar refractivity (Wildman–Crippen MR) is 128 cm³/mol. The average molecular weight is 488 g/mol. The van der Waals surface area contributed by atoms with Gasteiger partial charge >= 0.3 is 12.1 Å². The van der Waals surface area contributed by atoms with E-state index in [2.05, 4.69) is 5.32 Å². The molecular weight excluding hydrogens is 440 g/mol. The van der Waals surface area contributed by atoms with Gasteiger partial charge in [0.1, 0.15) is 13.5 Å². The van der Waals surface area contributed by atoms with Gasteiger partial charge in [-0.1, -0.05) is 0 Å². The van der Waals surface area contributed by atoms with Gasteiger partial charge in [0.15, 0.2) is 19.6 Å². The number of hydrogen-bond donors (Lipinski definition) is 1. The summed E-state index contributed by atoms with van der Waals surface area (Å²) in [5, 5.41) is 2.97. The topological polar surface area (TPSA) is 89.6 Å². The van der Waals surface area contributed by atoms with Crippen LogP contribution in [0.2, 0.25) is 0 Å². The van der Waals surface area contributed by atoms with E-state index in [1.54, 1.807) is 9.80 Å². The minimum absolute atomic E-state index is 0.0305. The summed E-state index contributed by atoms with van der Waals surface area (Å²) in [6.45, 7) is 23.3. The Morgan fingerprint density at radius 3 is 1.44 bits per heavy atom. The van der Waals surface area contributed by atoms with Crippen LogP contribution in [-0.2, 0) is 18.9 Å². The normalized spacial score (nSPS) is 23.5. The molecule has 0 radical (unpaired) electrons. The number of nitrogens with one attached hydrogen (secondary N) is 1. The van der Waals surface area contributed by atoms with Crippen molar-refractivity contribution in [2.45, 2.75) is 118 Å². The van der Waals surface area contributed by atoms with Gasteiger partial charge in [0.2, 0.25) is 6.17 Å². The van der Waals surface area contributed by atoms with Crippen molar-refractivity contribution in [1.82, 2.24) is 15.1 Å². The first-order valence-electron chi connectivity index (χ1n) is 12.0. The van der Waals surface area contributed by atoms with Gasteiger partial charge in [-0.2, -0.15) is 4.48 Å². The summed E-state index contributed by atoms with van der Waals surface area (Å²) in [7, 11) is 0. The van der Waals surface area contributed by atoms with Crippen molar-refractivity contribution in [1.29, 1.82) is 0 Å². The number of rotatable bonds is 8. The van der Waals surface area contributed by atoms with Crippen molar-refractivity contribution in [3.05, 3.63) is 0 Å². The lowest BCUT2D eigenvalue weighted by molar-refractivity contribution is -0.918. The van der Waals surface area contributed by atoms with Gasteiger partial charge < -0.3 is 24.3 Å². The maximum absolute atomic E-state index is 14.1. The van der Waals surface area contributed by atoms with Gasteiger partial charge in [-0.15, -0.1) is 0 Å². The third kappa shape index (κ3) is 7.27. The van der Waals surface area contributed by atoms with E-state index in [0.29, 0.717) is 0 Å². The van der Waals surface area contributed by atoms with Crippen LogP contribution >= 0.6 is 0 Å². The van der Waals surface area contributed by atoms with E-state index in [4.69, 9.17) is 18.9 Å². The number of carbonyl (C=O) groups is 2. The van der Waals surface area contributed by atoms with Crippen molar-refractivity contribution in [2.75, 3.05) is 26.9 Å². The summed E-state index contributed by atoms with van der Waals surface area (Å²) in [6, 6.07) is -0.532. The molecule has 10 heteroatoms. The molecule has 2 saturated heterocycles. The fourth-order valence-corrected chi connectivity index (χ4v) is 3.55. The molecule has 2 rings (SSSR count). The summed E-state index contributed by atoms with van der Waals surface area (Å²) in [6.07, 6.45) is -1.23. The molecule has 2 heterocycles. The van der Waals surface area contributed by atoms with Crippen molar-refractivity contribution in [2.24, 2.45) is 0 Å². The van der Waals surface area contributed by atoms with Gasteiger partial charge in [0, 0.05) is 0 Å². The van der Waals surface area contributed by atoms with Crippen molar-refractivity contribution < 1.29 is 33.0 Å². The minimum Gasteiger partial charge on any atom is -0.355 e. The van der Waals surface area contributed by atoms with Crippen molar-refractivity contribution in [3.8, 4) is 0 Å². The second-order valence-electron chi connectivity index (χ2n) is 13.1. The zero-order chi connectivity index (χ0) is 26.3. The molecule has 0 aliphatic carbocycles. The van der Waals surface area contributed by atoms with E-state index >= 15 is 0 Å². The number of fused-ring (bicyclic) bond motifs is 1. The second kappa shape index (κ2) is 9.54. The smallest absolute Gasteiger partial charge is 0.355 e. The standard InChI is InChI=1S/C24H46N4O6/c1-21(2,3)31-13-26-17-18(27(19(29)25-17)14-32-22(4,5)6)28(20(26)30,15-33-23(7,8)9)16-34-24(10,11)12/h17-18H,13-16H2,1-12H3/p+1. The highest BCUT2D eigenvalue weighted by Gasteiger charge is 2.68. The summed E-state index contributed by atoms with van der Waals surface area (Å²) >= 11 is 0. The molecule has 0 spiro atoms. The first kappa shape index (κ1) is 28.8. The number of nitrogens with zero attached hydrogens (tertiary/aromatic N) is 3. The van der Waals surface area contributed by atoms with E-state index in [-0.39, 0.29) is 43.5 Å². The van der Waals surface area contributed by atoms with Gasteiger partial charge in [0.25, 0.3) is 0 Å². The van der Waals surface area contributed by atoms with Gasteiger partial charge in [0.05, 0.1) is 22.4 Å². The van der Waals surface area contributed by atoms with E-state index in [1.807, 2.05) is 83.1 Å². The third-order valence-corrected chi connectivity index (χ3v) is 5.33. The maximum Gasteiger partial charge on any atom is 0.428 e. The van der Waals surface area contributed by atoms with Crippen LogP contribution < -0.4 is 5.32 Å². The molecule has 0 aromatic rings. The number of ether oxygens (including phenoxy) is 4. The highest BCUT2D eigenvalue weighted by atomic mass is 16.6. The molecule has 2 atom stereocenters. The molecule has 34 heavy (non-hydrogen) atoms. The van der Waals surface area contributed by atoms with Crippen LogP contribution in [0.1, 0.15) is 83.1 Å². The van der Waals surface area contributed by atoms with Crippen LogP contribution in [-0.4, -0.2) is 88.0 Å². The van der Waals surface area contributed by atoms with Gasteiger partial charge in [-0.3, -0.25) is 0 Å². The zero-order valence-electron chi connectivity index (χ0n) is 23.3. The Kier molecular flexibility index (Phi) is 8.07. The summed E-state index contributed by atoms with van der Waals surface area (Å²) < 4.78 is 24.1. The highest BCUT2D eigenvalue weighted by Crippen LogP contribution is 2.38. The molecule has 2 aliphatic rings. The molecule has 0 aromatic heterocycles. The predicted octanol–water partition coefficient (Wildman–Crippen LogP) is 4.01. The summed E-state index contributed by atoms with van der Waals surface area (Å²) in [4.78, 5) is 30.3. The molecule has 0 aromatic carbocycles. The van der Waals surface area contributed by atoms with Crippen molar-refractivity contribution in [3.63, 3.8) is 0 Å². The highest BCUT2D eigenvalue weighted by molar-refractivity contribution is 5.81. The first-order valence-corrected chi connectivity index (χ1v) is 12.0. The lowest BCUT2D eigenvalue weighted by Crippen LogP contribution is -2.64. The lowest BCUT2D eigenvalue weighted by Gasteiger charge is -2.40. The van der Waals surface area contributed by atoms with Crippen LogP contribution in [0.15, 0.2) is 0 Å². The Morgan fingerprint density at radius 1 is 0.676 bits per heavy atom. The molecule has 4 amide bonds. The minimum atomic E-state index is -0.615. The van der Waals surface area contributed by atoms with Crippen LogP contribution in [0.3, 0.4) is 0 Å². The number of quaternary nitrogens is 1. The molecule has 1 N–H and O–H groups in total. The Hall–Kier alpha value is -1.46. The van der Waals surface area contributed by atoms with Crippen LogP contribution in [0.25, 0.3) is 0 Å². The van der Waals surface area contributed by atoms with E-state index in [9.17, 15) is 9.59 Å². The summed E-state index contributed by atoms with van der Waals surface area (Å²) in [5.74, 6) is 0. The fourth-order valence-electron chi connectivity index (χ4n) is 3.55.